The fraction of sp³-hybridized carbons (Fsp3) is 0.409. The molecule has 2 aromatic carbocycles. The van der Waals surface area contributed by atoms with Gasteiger partial charge in [-0.1, -0.05) is 6.07 Å². The Labute approximate surface area is 170 Å². The number of rotatable bonds is 5. The molecule has 0 unspecified atom stereocenters. The van der Waals surface area contributed by atoms with Gasteiger partial charge in [0.2, 0.25) is 0 Å². The molecule has 1 atom stereocenters. The minimum absolute atomic E-state index is 0.0560. The number of quaternary nitrogens is 1. The van der Waals surface area contributed by atoms with Crippen molar-refractivity contribution in [3.05, 3.63) is 48.0 Å². The van der Waals surface area contributed by atoms with Crippen LogP contribution in [0.3, 0.4) is 0 Å². The first kappa shape index (κ1) is 19.4. The summed E-state index contributed by atoms with van der Waals surface area (Å²) in [5, 5.41) is 12.5. The Kier molecular flexibility index (Phi) is 5.76. The lowest BCUT2D eigenvalue weighted by Crippen LogP contribution is -3.15. The Balaban J connectivity index is 1.26. The number of hydrogen-bond donors (Lipinski definition) is 3. The first-order valence-electron chi connectivity index (χ1n) is 10.1. The smallest absolute Gasteiger partial charge is 0.275 e. The molecule has 1 fully saturated rings. The SMILES string of the molecule is C[C@H](NC(=O)C[NH+]1CCN(c2ccc(O)cc2)CC1)c1ccc2c(c1)OCCO2. The Bertz CT molecular complexity index is 848. The summed E-state index contributed by atoms with van der Waals surface area (Å²) in [6.45, 7) is 7.19. The zero-order valence-corrected chi connectivity index (χ0v) is 16.7. The number of amides is 1. The number of phenolic OH excluding ortho intramolecular Hbond substituents is 1. The summed E-state index contributed by atoms with van der Waals surface area (Å²) < 4.78 is 11.2. The van der Waals surface area contributed by atoms with E-state index in [4.69, 9.17) is 9.47 Å². The number of nitrogens with one attached hydrogen (secondary N) is 2. The van der Waals surface area contributed by atoms with Gasteiger partial charge < -0.3 is 29.7 Å². The van der Waals surface area contributed by atoms with E-state index in [1.165, 1.54) is 4.90 Å². The van der Waals surface area contributed by atoms with Crippen molar-refractivity contribution < 1.29 is 24.3 Å². The third-order valence-corrected chi connectivity index (χ3v) is 5.54. The first-order valence-corrected chi connectivity index (χ1v) is 10.1. The number of aromatic hydroxyl groups is 1. The molecule has 0 aliphatic carbocycles. The highest BCUT2D eigenvalue weighted by Gasteiger charge is 2.23. The Morgan fingerprint density at radius 2 is 1.79 bits per heavy atom. The van der Waals surface area contributed by atoms with Crippen molar-refractivity contribution in [2.24, 2.45) is 0 Å². The van der Waals surface area contributed by atoms with Crippen LogP contribution in [0.15, 0.2) is 42.5 Å². The van der Waals surface area contributed by atoms with Crippen molar-refractivity contribution in [2.45, 2.75) is 13.0 Å². The molecule has 154 valence electrons. The summed E-state index contributed by atoms with van der Waals surface area (Å²) in [7, 11) is 0. The third-order valence-electron chi connectivity index (χ3n) is 5.54. The van der Waals surface area contributed by atoms with Gasteiger partial charge in [-0.2, -0.15) is 0 Å². The van der Waals surface area contributed by atoms with E-state index in [2.05, 4.69) is 10.2 Å². The normalized spacial score (nSPS) is 17.6. The molecule has 7 nitrogen and oxygen atoms in total. The topological polar surface area (TPSA) is 75.5 Å². The number of fused-ring (bicyclic) bond motifs is 1. The standard InChI is InChI=1S/C22H27N3O4/c1-16(17-2-7-20-21(14-17)29-13-12-28-20)23-22(27)15-24-8-10-25(11-9-24)18-3-5-19(26)6-4-18/h2-7,14,16,26H,8-13,15H2,1H3,(H,23,27)/p+1/t16-/m0/s1. The quantitative estimate of drug-likeness (QED) is 0.693. The predicted octanol–water partition coefficient (Wildman–Crippen LogP) is 0.746. The summed E-state index contributed by atoms with van der Waals surface area (Å²) in [5.41, 5.74) is 2.12. The summed E-state index contributed by atoms with van der Waals surface area (Å²) in [6, 6.07) is 13.0. The minimum Gasteiger partial charge on any atom is -0.508 e. The van der Waals surface area contributed by atoms with Gasteiger partial charge in [-0.05, 0) is 48.9 Å². The van der Waals surface area contributed by atoms with E-state index in [-0.39, 0.29) is 17.7 Å². The summed E-state index contributed by atoms with van der Waals surface area (Å²) in [6.07, 6.45) is 0. The molecule has 2 heterocycles. The van der Waals surface area contributed by atoms with Crippen molar-refractivity contribution in [3.8, 4) is 17.2 Å². The third kappa shape index (κ3) is 4.74. The molecule has 2 aliphatic heterocycles. The molecule has 1 saturated heterocycles. The monoisotopic (exact) mass is 398 g/mol. The van der Waals surface area contributed by atoms with Crippen molar-refractivity contribution >= 4 is 11.6 Å². The molecule has 0 aromatic heterocycles. The molecule has 2 aliphatic rings. The van der Waals surface area contributed by atoms with Crippen LogP contribution >= 0.6 is 0 Å². The van der Waals surface area contributed by atoms with Gasteiger partial charge in [-0.3, -0.25) is 4.79 Å². The predicted molar refractivity (Wildman–Crippen MR) is 110 cm³/mol. The summed E-state index contributed by atoms with van der Waals surface area (Å²) in [4.78, 5) is 16.1. The second-order valence-electron chi connectivity index (χ2n) is 7.62. The van der Waals surface area contributed by atoms with E-state index in [9.17, 15) is 9.90 Å². The number of benzene rings is 2. The zero-order chi connectivity index (χ0) is 20.2. The van der Waals surface area contributed by atoms with Gasteiger partial charge in [0.15, 0.2) is 18.0 Å². The first-order chi connectivity index (χ1) is 14.1. The number of ether oxygens (including phenoxy) is 2. The number of phenols is 1. The summed E-state index contributed by atoms with van der Waals surface area (Å²) in [5.74, 6) is 1.84. The molecule has 3 N–H and O–H groups in total. The number of hydrogen-bond acceptors (Lipinski definition) is 5. The molecule has 1 amide bonds. The molecular formula is C22H28N3O4+. The maximum atomic E-state index is 12.5. The maximum Gasteiger partial charge on any atom is 0.275 e. The van der Waals surface area contributed by atoms with E-state index in [0.717, 1.165) is 48.9 Å². The van der Waals surface area contributed by atoms with Crippen molar-refractivity contribution in [1.82, 2.24) is 5.32 Å². The van der Waals surface area contributed by atoms with Crippen LogP contribution in [-0.2, 0) is 4.79 Å². The highest BCUT2D eigenvalue weighted by Crippen LogP contribution is 2.32. The van der Waals surface area contributed by atoms with Gasteiger partial charge in [0, 0.05) is 5.69 Å². The van der Waals surface area contributed by atoms with Gasteiger partial charge in [-0.15, -0.1) is 0 Å². The van der Waals surface area contributed by atoms with Crippen LogP contribution in [0, 0.1) is 0 Å². The highest BCUT2D eigenvalue weighted by molar-refractivity contribution is 5.77. The van der Waals surface area contributed by atoms with Crippen LogP contribution in [0.25, 0.3) is 0 Å². The minimum atomic E-state index is -0.0870. The van der Waals surface area contributed by atoms with Gasteiger partial charge in [0.25, 0.3) is 5.91 Å². The second-order valence-corrected chi connectivity index (χ2v) is 7.62. The van der Waals surface area contributed by atoms with Crippen LogP contribution in [0.1, 0.15) is 18.5 Å². The zero-order valence-electron chi connectivity index (χ0n) is 16.7. The van der Waals surface area contributed by atoms with Gasteiger partial charge in [0.1, 0.15) is 19.0 Å². The molecule has 4 rings (SSSR count). The Morgan fingerprint density at radius 1 is 1.10 bits per heavy atom. The van der Waals surface area contributed by atoms with E-state index in [1.807, 2.05) is 37.3 Å². The number of carbonyl (C=O) groups is 1. The number of nitrogens with zero attached hydrogens (tertiary/aromatic N) is 1. The Hall–Kier alpha value is -2.93. The largest absolute Gasteiger partial charge is 0.508 e. The van der Waals surface area contributed by atoms with E-state index in [0.29, 0.717) is 19.8 Å². The fourth-order valence-corrected chi connectivity index (χ4v) is 3.85. The van der Waals surface area contributed by atoms with Crippen molar-refractivity contribution in [3.63, 3.8) is 0 Å². The van der Waals surface area contributed by atoms with Gasteiger partial charge in [0.05, 0.1) is 32.2 Å². The molecule has 0 saturated carbocycles. The van der Waals surface area contributed by atoms with Crippen LogP contribution in [0.2, 0.25) is 0 Å². The molecule has 2 aromatic rings. The number of piperazine rings is 1. The molecule has 0 spiro atoms. The lowest BCUT2D eigenvalue weighted by Gasteiger charge is -2.33. The molecule has 0 radical (unpaired) electrons. The molecule has 0 bridgehead atoms. The van der Waals surface area contributed by atoms with E-state index >= 15 is 0 Å². The average molecular weight is 398 g/mol. The van der Waals surface area contributed by atoms with E-state index < -0.39 is 0 Å². The van der Waals surface area contributed by atoms with E-state index in [1.54, 1.807) is 12.1 Å². The lowest BCUT2D eigenvalue weighted by molar-refractivity contribution is -0.892. The Morgan fingerprint density at radius 3 is 2.52 bits per heavy atom. The number of carbonyl (C=O) groups excluding carboxylic acids is 1. The molecule has 29 heavy (non-hydrogen) atoms. The van der Waals surface area contributed by atoms with Crippen LogP contribution in [0.4, 0.5) is 5.69 Å². The highest BCUT2D eigenvalue weighted by atomic mass is 16.6. The molecule has 7 heteroatoms. The van der Waals surface area contributed by atoms with Crippen LogP contribution in [0.5, 0.6) is 17.2 Å². The fourth-order valence-electron chi connectivity index (χ4n) is 3.85. The second kappa shape index (κ2) is 8.61. The number of anilines is 1. The van der Waals surface area contributed by atoms with Gasteiger partial charge in [-0.25, -0.2) is 0 Å². The van der Waals surface area contributed by atoms with Crippen molar-refractivity contribution in [1.29, 1.82) is 0 Å². The van der Waals surface area contributed by atoms with Crippen LogP contribution in [-0.4, -0.2) is 57.0 Å². The molecular weight excluding hydrogens is 370 g/mol. The van der Waals surface area contributed by atoms with Gasteiger partial charge >= 0.3 is 0 Å². The summed E-state index contributed by atoms with van der Waals surface area (Å²) >= 11 is 0. The lowest BCUT2D eigenvalue weighted by atomic mass is 10.1. The maximum absolute atomic E-state index is 12.5. The van der Waals surface area contributed by atoms with Crippen LogP contribution < -0.4 is 24.6 Å². The average Bonchev–Trinajstić information content (AvgIpc) is 2.74. The van der Waals surface area contributed by atoms with Crippen molar-refractivity contribution in [2.75, 3.05) is 50.8 Å².